The molecule has 0 aliphatic carbocycles. The van der Waals surface area contributed by atoms with Crippen LogP contribution < -0.4 is 10.1 Å². The van der Waals surface area contributed by atoms with Gasteiger partial charge in [-0.3, -0.25) is 5.32 Å². The van der Waals surface area contributed by atoms with Crippen molar-refractivity contribution in [2.24, 2.45) is 0 Å². The van der Waals surface area contributed by atoms with Crippen LogP contribution in [0, 0.1) is 0 Å². The van der Waals surface area contributed by atoms with Gasteiger partial charge < -0.3 is 9.47 Å². The van der Waals surface area contributed by atoms with Crippen molar-refractivity contribution in [1.29, 1.82) is 0 Å². The number of halogens is 4. The van der Waals surface area contributed by atoms with Gasteiger partial charge in [0.05, 0.1) is 6.61 Å². The Hall–Kier alpha value is -1.44. The molecule has 1 rings (SSSR count). The van der Waals surface area contributed by atoms with E-state index in [2.05, 4.69) is 26.0 Å². The van der Waals surface area contributed by atoms with E-state index in [0.717, 1.165) is 12.1 Å². The number of ether oxygens (including phenoxy) is 2. The van der Waals surface area contributed by atoms with Crippen LogP contribution in [0.1, 0.15) is 6.42 Å². The van der Waals surface area contributed by atoms with Crippen LogP contribution in [0.4, 0.5) is 23.7 Å². The molecule has 0 bridgehead atoms. The number of benzene rings is 1. The molecule has 0 saturated heterocycles. The van der Waals surface area contributed by atoms with Crippen molar-refractivity contribution in [2.75, 3.05) is 17.3 Å². The van der Waals surface area contributed by atoms with Crippen LogP contribution in [0.25, 0.3) is 0 Å². The summed E-state index contributed by atoms with van der Waals surface area (Å²) in [6, 6.07) is 4.77. The van der Waals surface area contributed by atoms with Crippen LogP contribution in [0.15, 0.2) is 24.3 Å². The number of anilines is 1. The van der Waals surface area contributed by atoms with Gasteiger partial charge in [-0.15, -0.1) is 13.2 Å². The van der Waals surface area contributed by atoms with Gasteiger partial charge in [0.15, 0.2) is 0 Å². The summed E-state index contributed by atoms with van der Waals surface area (Å²) in [7, 11) is 0. The molecule has 1 N–H and O–H groups in total. The van der Waals surface area contributed by atoms with Gasteiger partial charge in [0.1, 0.15) is 5.75 Å². The van der Waals surface area contributed by atoms with E-state index in [4.69, 9.17) is 4.74 Å². The first-order valence-corrected chi connectivity index (χ1v) is 6.38. The van der Waals surface area contributed by atoms with Gasteiger partial charge in [-0.25, -0.2) is 4.79 Å². The SMILES string of the molecule is O=C(Nc1ccc(OC(F)(F)F)cc1)OCCCBr. The third-order valence-electron chi connectivity index (χ3n) is 1.85. The maximum atomic E-state index is 11.9. The lowest BCUT2D eigenvalue weighted by Crippen LogP contribution is -2.17. The van der Waals surface area contributed by atoms with Crippen LogP contribution in [-0.2, 0) is 4.74 Å². The minimum Gasteiger partial charge on any atom is -0.449 e. The van der Waals surface area contributed by atoms with Crippen LogP contribution in [-0.4, -0.2) is 24.4 Å². The highest BCUT2D eigenvalue weighted by Crippen LogP contribution is 2.23. The second kappa shape index (κ2) is 7.22. The van der Waals surface area contributed by atoms with Crippen molar-refractivity contribution < 1.29 is 27.4 Å². The number of alkyl halides is 4. The molecule has 0 fully saturated rings. The average molecular weight is 342 g/mol. The van der Waals surface area contributed by atoms with Gasteiger partial charge in [-0.2, -0.15) is 0 Å². The molecule has 0 atom stereocenters. The number of amides is 1. The van der Waals surface area contributed by atoms with E-state index >= 15 is 0 Å². The highest BCUT2D eigenvalue weighted by molar-refractivity contribution is 9.09. The third kappa shape index (κ3) is 6.90. The molecule has 106 valence electrons. The predicted molar refractivity (Wildman–Crippen MR) is 66.5 cm³/mol. The Morgan fingerprint density at radius 2 is 1.89 bits per heavy atom. The molecular formula is C11H11BrF3NO3. The lowest BCUT2D eigenvalue weighted by atomic mass is 10.3. The Morgan fingerprint density at radius 1 is 1.26 bits per heavy atom. The molecule has 0 saturated carbocycles. The molecule has 4 nitrogen and oxygen atoms in total. The van der Waals surface area contributed by atoms with Crippen molar-refractivity contribution in [3.8, 4) is 5.75 Å². The van der Waals surface area contributed by atoms with Gasteiger partial charge in [0, 0.05) is 11.0 Å². The Bertz CT molecular complexity index is 409. The first kappa shape index (κ1) is 15.6. The van der Waals surface area contributed by atoms with Crippen LogP contribution in [0.3, 0.4) is 0 Å². The first-order chi connectivity index (χ1) is 8.90. The van der Waals surface area contributed by atoms with Crippen molar-refractivity contribution in [1.82, 2.24) is 0 Å². The summed E-state index contributed by atoms with van der Waals surface area (Å²) in [6.45, 7) is 0.256. The molecule has 0 radical (unpaired) electrons. The topological polar surface area (TPSA) is 47.6 Å². The largest absolute Gasteiger partial charge is 0.573 e. The number of hydrogen-bond donors (Lipinski definition) is 1. The summed E-state index contributed by atoms with van der Waals surface area (Å²) < 4.78 is 44.2. The van der Waals surface area contributed by atoms with Crippen molar-refractivity contribution in [3.05, 3.63) is 24.3 Å². The molecule has 0 spiro atoms. The molecule has 0 aromatic heterocycles. The molecular weight excluding hydrogens is 331 g/mol. The van der Waals surface area contributed by atoms with Gasteiger partial charge >= 0.3 is 12.5 Å². The minimum absolute atomic E-state index is 0.256. The summed E-state index contributed by atoms with van der Waals surface area (Å²) >= 11 is 3.18. The van der Waals surface area contributed by atoms with E-state index < -0.39 is 12.5 Å². The van der Waals surface area contributed by atoms with Gasteiger partial charge in [0.2, 0.25) is 0 Å². The summed E-state index contributed by atoms with van der Waals surface area (Å²) in [5, 5.41) is 3.09. The van der Waals surface area contributed by atoms with E-state index in [9.17, 15) is 18.0 Å². The molecule has 0 unspecified atom stereocenters. The fraction of sp³-hybridized carbons (Fsp3) is 0.364. The average Bonchev–Trinajstić information content (AvgIpc) is 2.30. The Labute approximate surface area is 116 Å². The quantitative estimate of drug-likeness (QED) is 0.652. The highest BCUT2D eigenvalue weighted by Gasteiger charge is 2.30. The van der Waals surface area contributed by atoms with Gasteiger partial charge in [0.25, 0.3) is 0 Å². The zero-order chi connectivity index (χ0) is 14.3. The summed E-state index contributed by atoms with van der Waals surface area (Å²) in [5.41, 5.74) is 0.318. The smallest absolute Gasteiger partial charge is 0.449 e. The summed E-state index contributed by atoms with van der Waals surface area (Å²) in [6.07, 6.45) is -4.72. The molecule has 8 heteroatoms. The molecule has 0 aliphatic rings. The standard InChI is InChI=1S/C11H11BrF3NO3/c12-6-1-7-18-10(17)16-8-2-4-9(5-3-8)19-11(13,14)15/h2-5H,1,6-7H2,(H,16,17). The lowest BCUT2D eigenvalue weighted by Gasteiger charge is -2.10. The monoisotopic (exact) mass is 341 g/mol. The van der Waals surface area contributed by atoms with Crippen LogP contribution in [0.2, 0.25) is 0 Å². The van der Waals surface area contributed by atoms with E-state index in [1.54, 1.807) is 0 Å². The number of carbonyl (C=O) groups is 1. The molecule has 1 aromatic rings. The maximum absolute atomic E-state index is 11.9. The zero-order valence-electron chi connectivity index (χ0n) is 9.67. The summed E-state index contributed by atoms with van der Waals surface area (Å²) in [5.74, 6) is -0.356. The molecule has 19 heavy (non-hydrogen) atoms. The second-order valence-electron chi connectivity index (χ2n) is 3.38. The number of rotatable bonds is 5. The van der Waals surface area contributed by atoms with E-state index in [1.807, 2.05) is 0 Å². The van der Waals surface area contributed by atoms with E-state index in [-0.39, 0.29) is 12.4 Å². The molecule has 0 heterocycles. The van der Waals surface area contributed by atoms with Crippen molar-refractivity contribution >= 4 is 27.7 Å². The molecule has 1 aromatic carbocycles. The van der Waals surface area contributed by atoms with Crippen molar-refractivity contribution in [2.45, 2.75) is 12.8 Å². The molecule has 0 aliphatic heterocycles. The van der Waals surface area contributed by atoms with Crippen LogP contribution >= 0.6 is 15.9 Å². The lowest BCUT2D eigenvalue weighted by molar-refractivity contribution is -0.274. The van der Waals surface area contributed by atoms with Gasteiger partial charge in [-0.05, 0) is 30.7 Å². The van der Waals surface area contributed by atoms with E-state index in [0.29, 0.717) is 17.4 Å². The normalized spacial score (nSPS) is 10.9. The third-order valence-corrected chi connectivity index (χ3v) is 2.41. The number of nitrogens with one attached hydrogen (secondary N) is 1. The molecule has 1 amide bonds. The Kier molecular flexibility index (Phi) is 5.94. The minimum atomic E-state index is -4.73. The second-order valence-corrected chi connectivity index (χ2v) is 4.17. The number of hydrogen-bond acceptors (Lipinski definition) is 3. The van der Waals surface area contributed by atoms with Gasteiger partial charge in [-0.1, -0.05) is 15.9 Å². The zero-order valence-corrected chi connectivity index (χ0v) is 11.3. The van der Waals surface area contributed by atoms with Crippen LogP contribution in [0.5, 0.6) is 5.75 Å². The Balaban J connectivity index is 2.46. The fourth-order valence-corrected chi connectivity index (χ4v) is 1.34. The highest BCUT2D eigenvalue weighted by atomic mass is 79.9. The summed E-state index contributed by atoms with van der Waals surface area (Å²) in [4.78, 5) is 11.2. The van der Waals surface area contributed by atoms with Crippen molar-refractivity contribution in [3.63, 3.8) is 0 Å². The maximum Gasteiger partial charge on any atom is 0.573 e. The first-order valence-electron chi connectivity index (χ1n) is 5.26. The predicted octanol–water partition coefficient (Wildman–Crippen LogP) is 3.92. The Morgan fingerprint density at radius 3 is 2.42 bits per heavy atom. The fourth-order valence-electron chi connectivity index (χ4n) is 1.11. The van der Waals surface area contributed by atoms with E-state index in [1.165, 1.54) is 12.1 Å². The number of carbonyl (C=O) groups excluding carboxylic acids is 1.